The van der Waals surface area contributed by atoms with Crippen LogP contribution >= 0.6 is 0 Å². The molecule has 1 aliphatic heterocycles. The van der Waals surface area contributed by atoms with Crippen LogP contribution < -0.4 is 10.6 Å². The van der Waals surface area contributed by atoms with Crippen molar-refractivity contribution in [1.29, 1.82) is 0 Å². The summed E-state index contributed by atoms with van der Waals surface area (Å²) < 4.78 is 5.59. The Morgan fingerprint density at radius 2 is 2.39 bits per heavy atom. The van der Waals surface area contributed by atoms with E-state index in [0.29, 0.717) is 36.6 Å². The minimum Gasteiger partial charge on any atom is -0.478 e. The minimum absolute atomic E-state index is 0.154. The fourth-order valence-corrected chi connectivity index (χ4v) is 2.18. The largest absolute Gasteiger partial charge is 0.478 e. The molecule has 0 amide bonds. The van der Waals surface area contributed by atoms with Crippen LogP contribution in [0, 0.1) is 0 Å². The molecule has 98 valence electrons. The number of nitrogen functional groups attached to an aromatic ring is 1. The third-order valence-electron chi connectivity index (χ3n) is 3.19. The van der Waals surface area contributed by atoms with Crippen LogP contribution in [0.25, 0.3) is 0 Å². The fourth-order valence-electron chi connectivity index (χ4n) is 2.18. The molecule has 0 radical (unpaired) electrons. The maximum Gasteiger partial charge on any atom is 0.337 e. The van der Waals surface area contributed by atoms with Crippen molar-refractivity contribution in [3.05, 3.63) is 23.8 Å². The second kappa shape index (κ2) is 5.27. The smallest absolute Gasteiger partial charge is 0.337 e. The predicted octanol–water partition coefficient (Wildman–Crippen LogP) is 1.58. The Morgan fingerprint density at radius 1 is 1.61 bits per heavy atom. The number of morpholine rings is 1. The number of nitrogens with two attached hydrogens (primary N) is 1. The number of carboxylic acid groups (broad SMARTS) is 1. The zero-order valence-corrected chi connectivity index (χ0v) is 10.4. The van der Waals surface area contributed by atoms with E-state index in [4.69, 9.17) is 10.5 Å². The van der Waals surface area contributed by atoms with Gasteiger partial charge in [-0.25, -0.2) is 4.79 Å². The first-order valence-corrected chi connectivity index (χ1v) is 6.11. The van der Waals surface area contributed by atoms with Gasteiger partial charge in [0, 0.05) is 18.8 Å². The molecular formula is C13H18N2O3. The van der Waals surface area contributed by atoms with E-state index in [1.165, 1.54) is 0 Å². The topological polar surface area (TPSA) is 75.8 Å². The van der Waals surface area contributed by atoms with Gasteiger partial charge in [-0.15, -0.1) is 0 Å². The lowest BCUT2D eigenvalue weighted by atomic mass is 10.1. The van der Waals surface area contributed by atoms with Gasteiger partial charge >= 0.3 is 5.97 Å². The van der Waals surface area contributed by atoms with E-state index in [-0.39, 0.29) is 6.10 Å². The third-order valence-corrected chi connectivity index (χ3v) is 3.19. The fraction of sp³-hybridized carbons (Fsp3) is 0.462. The first kappa shape index (κ1) is 12.7. The first-order chi connectivity index (χ1) is 8.61. The quantitative estimate of drug-likeness (QED) is 0.797. The van der Waals surface area contributed by atoms with Crippen molar-refractivity contribution >= 4 is 17.3 Å². The Kier molecular flexibility index (Phi) is 3.72. The standard InChI is InChI=1S/C13H18N2O3/c1-2-10-8-15(5-6-18-10)12-7-9(14)3-4-11(12)13(16)17/h3-4,7,10H,2,5-6,8,14H2,1H3,(H,16,17). The van der Waals surface area contributed by atoms with Gasteiger partial charge in [0.25, 0.3) is 0 Å². The van der Waals surface area contributed by atoms with Gasteiger partial charge in [0.2, 0.25) is 0 Å². The summed E-state index contributed by atoms with van der Waals surface area (Å²) in [5.41, 5.74) is 7.31. The molecular weight excluding hydrogens is 232 g/mol. The summed E-state index contributed by atoms with van der Waals surface area (Å²) in [5, 5.41) is 9.21. The Morgan fingerprint density at radius 3 is 3.06 bits per heavy atom. The molecule has 0 bridgehead atoms. The number of benzene rings is 1. The molecule has 0 spiro atoms. The Labute approximate surface area is 106 Å². The summed E-state index contributed by atoms with van der Waals surface area (Å²) in [6.45, 7) is 4.08. The molecule has 1 aromatic rings. The van der Waals surface area contributed by atoms with E-state index in [0.717, 1.165) is 6.42 Å². The highest BCUT2D eigenvalue weighted by Crippen LogP contribution is 2.26. The summed E-state index contributed by atoms with van der Waals surface area (Å²) in [4.78, 5) is 13.3. The number of hydrogen-bond donors (Lipinski definition) is 2. The average Bonchev–Trinajstić information content (AvgIpc) is 2.38. The van der Waals surface area contributed by atoms with Gasteiger partial charge in [0.15, 0.2) is 0 Å². The first-order valence-electron chi connectivity index (χ1n) is 6.11. The van der Waals surface area contributed by atoms with Gasteiger partial charge in [-0.1, -0.05) is 6.92 Å². The average molecular weight is 250 g/mol. The lowest BCUT2D eigenvalue weighted by Gasteiger charge is -2.35. The van der Waals surface area contributed by atoms with E-state index in [1.54, 1.807) is 18.2 Å². The Bertz CT molecular complexity index is 448. The molecule has 0 saturated carbocycles. The highest BCUT2D eigenvalue weighted by atomic mass is 16.5. The molecule has 18 heavy (non-hydrogen) atoms. The van der Waals surface area contributed by atoms with Crippen molar-refractivity contribution < 1.29 is 14.6 Å². The maximum atomic E-state index is 11.2. The number of rotatable bonds is 3. The summed E-state index contributed by atoms with van der Waals surface area (Å²) >= 11 is 0. The minimum atomic E-state index is -0.926. The van der Waals surface area contributed by atoms with Crippen LogP contribution in [-0.2, 0) is 4.74 Å². The van der Waals surface area contributed by atoms with Gasteiger partial charge < -0.3 is 20.5 Å². The van der Waals surface area contributed by atoms with Crippen molar-refractivity contribution in [3.63, 3.8) is 0 Å². The second-order valence-electron chi connectivity index (χ2n) is 4.43. The molecule has 3 N–H and O–H groups in total. The lowest BCUT2D eigenvalue weighted by molar-refractivity contribution is 0.0382. The van der Waals surface area contributed by atoms with Gasteiger partial charge in [0.1, 0.15) is 0 Å². The zero-order chi connectivity index (χ0) is 13.1. The third kappa shape index (κ3) is 2.56. The zero-order valence-electron chi connectivity index (χ0n) is 10.4. The van der Waals surface area contributed by atoms with Crippen molar-refractivity contribution in [1.82, 2.24) is 0 Å². The number of carbonyl (C=O) groups is 1. The molecule has 5 heteroatoms. The molecule has 1 aliphatic rings. The monoisotopic (exact) mass is 250 g/mol. The molecule has 5 nitrogen and oxygen atoms in total. The van der Waals surface area contributed by atoms with Gasteiger partial charge in [0.05, 0.1) is 24.0 Å². The summed E-state index contributed by atoms with van der Waals surface area (Å²) in [7, 11) is 0. The number of ether oxygens (including phenoxy) is 1. The molecule has 1 heterocycles. The molecule has 1 unspecified atom stereocenters. The van der Waals surface area contributed by atoms with Crippen LogP contribution in [0.2, 0.25) is 0 Å². The van der Waals surface area contributed by atoms with Crippen LogP contribution in [0.4, 0.5) is 11.4 Å². The van der Waals surface area contributed by atoms with E-state index in [9.17, 15) is 9.90 Å². The molecule has 1 atom stereocenters. The van der Waals surface area contributed by atoms with Crippen LogP contribution in [0.1, 0.15) is 23.7 Å². The number of nitrogens with zero attached hydrogens (tertiary/aromatic N) is 1. The van der Waals surface area contributed by atoms with Crippen LogP contribution in [-0.4, -0.2) is 36.9 Å². The van der Waals surface area contributed by atoms with E-state index in [1.807, 2.05) is 4.90 Å². The van der Waals surface area contributed by atoms with Crippen molar-refractivity contribution in [2.45, 2.75) is 19.4 Å². The molecule has 1 aromatic carbocycles. The maximum absolute atomic E-state index is 11.2. The second-order valence-corrected chi connectivity index (χ2v) is 4.43. The number of aromatic carboxylic acids is 1. The molecule has 1 fully saturated rings. The van der Waals surface area contributed by atoms with Crippen molar-refractivity contribution in [2.75, 3.05) is 30.3 Å². The number of carboxylic acids is 1. The van der Waals surface area contributed by atoms with E-state index < -0.39 is 5.97 Å². The van der Waals surface area contributed by atoms with Gasteiger partial charge in [-0.05, 0) is 24.6 Å². The summed E-state index contributed by atoms with van der Waals surface area (Å²) in [5.74, 6) is -0.926. The highest BCUT2D eigenvalue weighted by Gasteiger charge is 2.23. The van der Waals surface area contributed by atoms with Crippen LogP contribution in [0.3, 0.4) is 0 Å². The predicted molar refractivity (Wildman–Crippen MR) is 70.1 cm³/mol. The molecule has 0 aromatic heterocycles. The van der Waals surface area contributed by atoms with Gasteiger partial charge in [-0.2, -0.15) is 0 Å². The summed E-state index contributed by atoms with van der Waals surface area (Å²) in [6.07, 6.45) is 1.07. The van der Waals surface area contributed by atoms with Gasteiger partial charge in [-0.3, -0.25) is 0 Å². The van der Waals surface area contributed by atoms with E-state index in [2.05, 4.69) is 6.92 Å². The van der Waals surface area contributed by atoms with Crippen LogP contribution in [0.15, 0.2) is 18.2 Å². The Balaban J connectivity index is 2.31. The van der Waals surface area contributed by atoms with Crippen LogP contribution in [0.5, 0.6) is 0 Å². The Hall–Kier alpha value is -1.75. The van der Waals surface area contributed by atoms with Crippen molar-refractivity contribution in [2.24, 2.45) is 0 Å². The lowest BCUT2D eigenvalue weighted by Crippen LogP contribution is -2.42. The highest BCUT2D eigenvalue weighted by molar-refractivity contribution is 5.95. The number of anilines is 2. The molecule has 0 aliphatic carbocycles. The SMILES string of the molecule is CCC1CN(c2cc(N)ccc2C(=O)O)CCO1. The normalized spacial score (nSPS) is 19.8. The van der Waals surface area contributed by atoms with Crippen molar-refractivity contribution in [3.8, 4) is 0 Å². The number of hydrogen-bond acceptors (Lipinski definition) is 4. The molecule has 2 rings (SSSR count). The molecule has 1 saturated heterocycles. The van der Waals surface area contributed by atoms with E-state index >= 15 is 0 Å². The summed E-state index contributed by atoms with van der Waals surface area (Å²) in [6, 6.07) is 4.90.